The highest BCUT2D eigenvalue weighted by Gasteiger charge is 2.06. The number of aromatic nitrogens is 2. The molecule has 0 aliphatic rings. The van der Waals surface area contributed by atoms with Gasteiger partial charge in [-0.2, -0.15) is 0 Å². The van der Waals surface area contributed by atoms with Gasteiger partial charge in [0.1, 0.15) is 5.65 Å². The molecule has 21 heavy (non-hydrogen) atoms. The van der Waals surface area contributed by atoms with Crippen LogP contribution in [0.5, 0.6) is 0 Å². The summed E-state index contributed by atoms with van der Waals surface area (Å²) in [5.74, 6) is 0.0675. The molecule has 0 aliphatic carbocycles. The number of hydrogen-bond donors (Lipinski definition) is 1. The van der Waals surface area contributed by atoms with Crippen LogP contribution >= 0.6 is 0 Å². The van der Waals surface area contributed by atoms with E-state index in [0.29, 0.717) is 0 Å². The highest BCUT2D eigenvalue weighted by Crippen LogP contribution is 2.24. The Bertz CT molecular complexity index is 800. The van der Waals surface area contributed by atoms with E-state index in [0.717, 1.165) is 34.1 Å². The minimum Gasteiger partial charge on any atom is -0.346 e. The molecule has 0 atom stereocenters. The molecule has 3 heteroatoms. The molecule has 3 aromatic rings. The molecule has 2 heterocycles. The molecular weight excluding hydrogens is 260 g/mol. The number of nitrogens with zero attached hydrogens (tertiary/aromatic N) is 1. The van der Waals surface area contributed by atoms with Crippen LogP contribution in [-0.2, 0) is 11.2 Å². The van der Waals surface area contributed by atoms with Crippen molar-refractivity contribution in [1.82, 2.24) is 9.97 Å². The molecule has 0 unspecified atom stereocenters. The summed E-state index contributed by atoms with van der Waals surface area (Å²) < 4.78 is 0. The molecule has 104 valence electrons. The molecule has 0 radical (unpaired) electrons. The summed E-state index contributed by atoms with van der Waals surface area (Å²) in [6.07, 6.45) is 8.05. The zero-order valence-electron chi connectivity index (χ0n) is 11.8. The van der Waals surface area contributed by atoms with E-state index in [1.807, 2.05) is 36.7 Å². The van der Waals surface area contributed by atoms with Gasteiger partial charge in [-0.1, -0.05) is 36.4 Å². The third kappa shape index (κ3) is 2.92. The molecule has 0 spiro atoms. The predicted octanol–water partition coefficient (Wildman–Crippen LogP) is 3.92. The SMILES string of the molecule is CC(=O)C=CCc1c[nH]c2ncc(-c3ccccc3)cc12. The first-order chi connectivity index (χ1) is 10.2. The van der Waals surface area contributed by atoms with Crippen molar-refractivity contribution in [1.29, 1.82) is 0 Å². The molecule has 0 bridgehead atoms. The Labute approximate surface area is 123 Å². The normalized spacial score (nSPS) is 11.3. The maximum atomic E-state index is 11.0. The average molecular weight is 276 g/mol. The van der Waals surface area contributed by atoms with Crippen molar-refractivity contribution in [3.63, 3.8) is 0 Å². The van der Waals surface area contributed by atoms with E-state index < -0.39 is 0 Å². The van der Waals surface area contributed by atoms with Crippen molar-refractivity contribution in [2.75, 3.05) is 0 Å². The molecule has 2 aromatic heterocycles. The summed E-state index contributed by atoms with van der Waals surface area (Å²) in [5.41, 5.74) is 4.27. The quantitative estimate of drug-likeness (QED) is 0.734. The van der Waals surface area contributed by atoms with Crippen molar-refractivity contribution in [2.24, 2.45) is 0 Å². The third-order valence-corrected chi connectivity index (χ3v) is 3.41. The lowest BCUT2D eigenvalue weighted by atomic mass is 10.0. The lowest BCUT2D eigenvalue weighted by molar-refractivity contribution is -0.112. The first-order valence-corrected chi connectivity index (χ1v) is 6.92. The highest BCUT2D eigenvalue weighted by atomic mass is 16.1. The minimum absolute atomic E-state index is 0.0675. The molecule has 1 N–H and O–H groups in total. The number of fused-ring (bicyclic) bond motifs is 1. The van der Waals surface area contributed by atoms with Crippen LogP contribution in [0.1, 0.15) is 12.5 Å². The van der Waals surface area contributed by atoms with Crippen LogP contribution in [0, 0.1) is 0 Å². The largest absolute Gasteiger partial charge is 0.346 e. The Hall–Kier alpha value is -2.68. The predicted molar refractivity (Wildman–Crippen MR) is 85.1 cm³/mol. The third-order valence-electron chi connectivity index (χ3n) is 3.41. The van der Waals surface area contributed by atoms with Crippen LogP contribution in [0.4, 0.5) is 0 Å². The summed E-state index contributed by atoms with van der Waals surface area (Å²) >= 11 is 0. The summed E-state index contributed by atoms with van der Waals surface area (Å²) in [6, 6.07) is 12.3. The number of allylic oxidation sites excluding steroid dienone is 2. The first-order valence-electron chi connectivity index (χ1n) is 6.92. The van der Waals surface area contributed by atoms with E-state index in [2.05, 4.69) is 28.2 Å². The van der Waals surface area contributed by atoms with Gasteiger partial charge in [-0.15, -0.1) is 0 Å². The van der Waals surface area contributed by atoms with Crippen molar-refractivity contribution in [3.8, 4) is 11.1 Å². The van der Waals surface area contributed by atoms with Crippen molar-refractivity contribution >= 4 is 16.8 Å². The van der Waals surface area contributed by atoms with Crippen molar-refractivity contribution in [2.45, 2.75) is 13.3 Å². The summed E-state index contributed by atoms with van der Waals surface area (Å²) in [4.78, 5) is 18.6. The Kier molecular flexibility index (Phi) is 3.65. The number of benzene rings is 1. The second-order valence-corrected chi connectivity index (χ2v) is 5.02. The van der Waals surface area contributed by atoms with E-state index in [1.54, 1.807) is 13.0 Å². The lowest BCUT2D eigenvalue weighted by Crippen LogP contribution is -1.85. The summed E-state index contributed by atoms with van der Waals surface area (Å²) in [7, 11) is 0. The highest BCUT2D eigenvalue weighted by molar-refractivity contribution is 5.88. The molecule has 0 saturated heterocycles. The number of carbonyl (C=O) groups is 1. The van der Waals surface area contributed by atoms with Crippen LogP contribution in [0.15, 0.2) is 60.9 Å². The van der Waals surface area contributed by atoms with Gasteiger partial charge in [0.05, 0.1) is 0 Å². The minimum atomic E-state index is 0.0675. The van der Waals surface area contributed by atoms with Gasteiger partial charge in [0.2, 0.25) is 0 Å². The summed E-state index contributed by atoms with van der Waals surface area (Å²) in [6.45, 7) is 1.56. The Morgan fingerprint density at radius 1 is 1.24 bits per heavy atom. The number of nitrogens with one attached hydrogen (secondary N) is 1. The first kappa shape index (κ1) is 13.3. The van der Waals surface area contributed by atoms with Gasteiger partial charge in [0, 0.05) is 23.3 Å². The second-order valence-electron chi connectivity index (χ2n) is 5.02. The molecule has 0 fully saturated rings. The zero-order chi connectivity index (χ0) is 14.7. The maximum Gasteiger partial charge on any atom is 0.152 e. The van der Waals surface area contributed by atoms with E-state index >= 15 is 0 Å². The fourth-order valence-electron chi connectivity index (χ4n) is 2.37. The van der Waals surface area contributed by atoms with Crippen LogP contribution in [0.25, 0.3) is 22.2 Å². The fourth-order valence-corrected chi connectivity index (χ4v) is 2.37. The van der Waals surface area contributed by atoms with Gasteiger partial charge in [-0.05, 0) is 36.6 Å². The fraction of sp³-hybridized carbons (Fsp3) is 0.111. The van der Waals surface area contributed by atoms with Gasteiger partial charge >= 0.3 is 0 Å². The van der Waals surface area contributed by atoms with Crippen LogP contribution in [-0.4, -0.2) is 15.8 Å². The molecule has 0 saturated carbocycles. The van der Waals surface area contributed by atoms with E-state index in [1.165, 1.54) is 0 Å². The second kappa shape index (κ2) is 5.75. The van der Waals surface area contributed by atoms with E-state index in [9.17, 15) is 4.79 Å². The van der Waals surface area contributed by atoms with E-state index in [-0.39, 0.29) is 5.78 Å². The standard InChI is InChI=1S/C18H16N2O/c1-13(21)6-5-9-15-11-19-18-17(15)10-16(12-20-18)14-7-3-2-4-8-14/h2-8,10-12H,9H2,1H3,(H,19,20). The number of H-pyrrole nitrogens is 1. The Morgan fingerprint density at radius 2 is 2.05 bits per heavy atom. The molecular formula is C18H16N2O. The van der Waals surface area contributed by atoms with Crippen molar-refractivity contribution in [3.05, 3.63) is 66.5 Å². The van der Waals surface area contributed by atoms with Gasteiger partial charge in [-0.3, -0.25) is 4.79 Å². The number of ketones is 1. The van der Waals surface area contributed by atoms with Crippen LogP contribution < -0.4 is 0 Å². The van der Waals surface area contributed by atoms with Gasteiger partial charge in [0.25, 0.3) is 0 Å². The van der Waals surface area contributed by atoms with Crippen LogP contribution in [0.3, 0.4) is 0 Å². The smallest absolute Gasteiger partial charge is 0.152 e. The number of aromatic amines is 1. The average Bonchev–Trinajstić information content (AvgIpc) is 2.90. The summed E-state index contributed by atoms with van der Waals surface area (Å²) in [5, 5.41) is 1.10. The van der Waals surface area contributed by atoms with E-state index in [4.69, 9.17) is 0 Å². The molecule has 0 aliphatic heterocycles. The topological polar surface area (TPSA) is 45.8 Å². The zero-order valence-corrected chi connectivity index (χ0v) is 11.8. The van der Waals surface area contributed by atoms with Gasteiger partial charge in [0.15, 0.2) is 5.78 Å². The van der Waals surface area contributed by atoms with Gasteiger partial charge < -0.3 is 4.98 Å². The molecule has 0 amide bonds. The Morgan fingerprint density at radius 3 is 2.81 bits per heavy atom. The van der Waals surface area contributed by atoms with Crippen molar-refractivity contribution < 1.29 is 4.79 Å². The molecule has 1 aromatic carbocycles. The molecule has 3 nitrogen and oxygen atoms in total. The number of pyridine rings is 1. The number of rotatable bonds is 4. The lowest BCUT2D eigenvalue weighted by Gasteiger charge is -2.02. The maximum absolute atomic E-state index is 11.0. The number of hydrogen-bond acceptors (Lipinski definition) is 2. The monoisotopic (exact) mass is 276 g/mol. The van der Waals surface area contributed by atoms with Gasteiger partial charge in [-0.25, -0.2) is 4.98 Å². The number of carbonyl (C=O) groups excluding carboxylic acids is 1. The van der Waals surface area contributed by atoms with Crippen LogP contribution in [0.2, 0.25) is 0 Å². The Balaban J connectivity index is 1.98. The molecule has 3 rings (SSSR count).